The molecule has 0 bridgehead atoms. The highest BCUT2D eigenvalue weighted by molar-refractivity contribution is 8.00. The monoisotopic (exact) mass is 200 g/mol. The van der Waals surface area contributed by atoms with Crippen LogP contribution in [0.3, 0.4) is 0 Å². The lowest BCUT2D eigenvalue weighted by Gasteiger charge is -2.38. The second kappa shape index (κ2) is 3.79. The molecule has 2 rings (SSSR count). The molecule has 0 amide bonds. The lowest BCUT2D eigenvalue weighted by molar-refractivity contribution is 0.160. The fraction of sp³-hybridized carbons (Fsp3) is 1.00. The molecule has 0 aromatic rings. The number of hydrogen-bond donors (Lipinski definition) is 1. The second-order valence-corrected chi connectivity index (χ2v) is 6.38. The van der Waals surface area contributed by atoms with Crippen LogP contribution in [-0.2, 0) is 0 Å². The Morgan fingerprint density at radius 2 is 2.31 bits per heavy atom. The molecule has 13 heavy (non-hydrogen) atoms. The fourth-order valence-electron chi connectivity index (χ4n) is 2.16. The minimum atomic E-state index is 0.536. The fourth-order valence-corrected chi connectivity index (χ4v) is 3.42. The van der Waals surface area contributed by atoms with Crippen LogP contribution in [-0.4, -0.2) is 48.1 Å². The molecule has 2 aliphatic rings. The van der Waals surface area contributed by atoms with E-state index in [-0.39, 0.29) is 0 Å². The van der Waals surface area contributed by atoms with Gasteiger partial charge in [0.25, 0.3) is 0 Å². The van der Waals surface area contributed by atoms with Crippen LogP contribution in [0.15, 0.2) is 0 Å². The van der Waals surface area contributed by atoms with Crippen LogP contribution in [0, 0.1) is 0 Å². The highest BCUT2D eigenvalue weighted by Gasteiger charge is 2.31. The Morgan fingerprint density at radius 3 is 2.85 bits per heavy atom. The lowest BCUT2D eigenvalue weighted by atomic mass is 10.0. The molecule has 1 unspecified atom stereocenters. The molecule has 2 fully saturated rings. The van der Waals surface area contributed by atoms with Gasteiger partial charge in [-0.3, -0.25) is 0 Å². The van der Waals surface area contributed by atoms with Crippen molar-refractivity contribution in [3.8, 4) is 0 Å². The molecule has 0 saturated carbocycles. The molecule has 76 valence electrons. The largest absolute Gasteiger partial charge is 0.310 e. The zero-order chi connectivity index (χ0) is 9.31. The summed E-state index contributed by atoms with van der Waals surface area (Å²) < 4.78 is 0.536. The summed E-state index contributed by atoms with van der Waals surface area (Å²) in [5.74, 6) is 1.36. The van der Waals surface area contributed by atoms with E-state index in [2.05, 4.69) is 35.9 Å². The zero-order valence-corrected chi connectivity index (χ0v) is 9.49. The Kier molecular flexibility index (Phi) is 2.86. The molecule has 0 aromatic heterocycles. The highest BCUT2D eigenvalue weighted by atomic mass is 32.2. The van der Waals surface area contributed by atoms with Gasteiger partial charge in [0.1, 0.15) is 0 Å². The number of likely N-dealkylation sites (tertiary alicyclic amines) is 1. The van der Waals surface area contributed by atoms with Gasteiger partial charge in [-0.1, -0.05) is 0 Å². The molecular formula is C10H20N2S. The van der Waals surface area contributed by atoms with Crippen molar-refractivity contribution in [1.29, 1.82) is 0 Å². The lowest BCUT2D eigenvalue weighted by Crippen LogP contribution is -2.57. The summed E-state index contributed by atoms with van der Waals surface area (Å²) in [6, 6.07) is 0.767. The van der Waals surface area contributed by atoms with Crippen molar-refractivity contribution in [1.82, 2.24) is 10.2 Å². The van der Waals surface area contributed by atoms with Gasteiger partial charge in [0, 0.05) is 30.4 Å². The molecule has 3 heteroatoms. The molecule has 0 radical (unpaired) electrons. The maximum atomic E-state index is 3.67. The number of likely N-dealkylation sites (N-methyl/N-ethyl adjacent to an activating group) is 1. The van der Waals surface area contributed by atoms with Crippen molar-refractivity contribution in [3.05, 3.63) is 0 Å². The van der Waals surface area contributed by atoms with E-state index in [9.17, 15) is 0 Å². The minimum absolute atomic E-state index is 0.536. The third-order valence-electron chi connectivity index (χ3n) is 3.13. The maximum absolute atomic E-state index is 3.67. The standard InChI is InChI=1S/C10H20N2S/c1-10(4-3-5-13-10)8-11-9-6-12(2)7-9/h9,11H,3-8H2,1-2H3. The van der Waals surface area contributed by atoms with Crippen molar-refractivity contribution in [2.75, 3.05) is 32.4 Å². The summed E-state index contributed by atoms with van der Waals surface area (Å²) in [5.41, 5.74) is 0. The van der Waals surface area contributed by atoms with Gasteiger partial charge in [0.2, 0.25) is 0 Å². The van der Waals surface area contributed by atoms with E-state index < -0.39 is 0 Å². The Morgan fingerprint density at radius 1 is 1.54 bits per heavy atom. The van der Waals surface area contributed by atoms with Gasteiger partial charge in [-0.15, -0.1) is 0 Å². The SMILES string of the molecule is CN1CC(NCC2(C)CCCS2)C1. The van der Waals surface area contributed by atoms with Crippen LogP contribution < -0.4 is 5.32 Å². The summed E-state index contributed by atoms with van der Waals surface area (Å²) in [5, 5.41) is 3.67. The van der Waals surface area contributed by atoms with Gasteiger partial charge in [0.05, 0.1) is 0 Å². The summed E-state index contributed by atoms with van der Waals surface area (Å²) in [6.07, 6.45) is 2.81. The Labute approximate surface area is 85.4 Å². The minimum Gasteiger partial charge on any atom is -0.310 e. The van der Waals surface area contributed by atoms with Crippen LogP contribution >= 0.6 is 11.8 Å². The predicted molar refractivity (Wildman–Crippen MR) is 59.4 cm³/mol. The second-order valence-electron chi connectivity index (χ2n) is 4.70. The van der Waals surface area contributed by atoms with E-state index >= 15 is 0 Å². The first-order valence-electron chi connectivity index (χ1n) is 5.24. The van der Waals surface area contributed by atoms with Crippen molar-refractivity contribution in [3.63, 3.8) is 0 Å². The molecule has 2 aliphatic heterocycles. The molecule has 1 N–H and O–H groups in total. The molecule has 0 aliphatic carbocycles. The molecular weight excluding hydrogens is 180 g/mol. The molecule has 2 heterocycles. The van der Waals surface area contributed by atoms with Gasteiger partial charge in [-0.05, 0) is 32.6 Å². The van der Waals surface area contributed by atoms with Gasteiger partial charge in [0.15, 0.2) is 0 Å². The first-order chi connectivity index (χ1) is 6.18. The first-order valence-corrected chi connectivity index (χ1v) is 6.22. The van der Waals surface area contributed by atoms with Crippen molar-refractivity contribution in [2.45, 2.75) is 30.6 Å². The predicted octanol–water partition coefficient (Wildman–Crippen LogP) is 1.18. The maximum Gasteiger partial charge on any atom is 0.0322 e. The van der Waals surface area contributed by atoms with Crippen molar-refractivity contribution >= 4 is 11.8 Å². The van der Waals surface area contributed by atoms with Gasteiger partial charge < -0.3 is 10.2 Å². The number of nitrogens with zero attached hydrogens (tertiary/aromatic N) is 1. The van der Waals surface area contributed by atoms with E-state index in [1.54, 1.807) is 0 Å². The van der Waals surface area contributed by atoms with Gasteiger partial charge in [-0.2, -0.15) is 11.8 Å². The van der Waals surface area contributed by atoms with Crippen LogP contribution in [0.4, 0.5) is 0 Å². The Hall–Kier alpha value is 0.270. The molecule has 2 saturated heterocycles. The van der Waals surface area contributed by atoms with E-state index in [1.165, 1.54) is 38.2 Å². The topological polar surface area (TPSA) is 15.3 Å². The van der Waals surface area contributed by atoms with Crippen LogP contribution in [0.5, 0.6) is 0 Å². The summed E-state index contributed by atoms with van der Waals surface area (Å²) in [6.45, 7) is 6.08. The number of thioether (sulfide) groups is 1. The van der Waals surface area contributed by atoms with Gasteiger partial charge in [-0.25, -0.2) is 0 Å². The average molecular weight is 200 g/mol. The molecule has 0 spiro atoms. The van der Waals surface area contributed by atoms with E-state index in [1.807, 2.05) is 0 Å². The van der Waals surface area contributed by atoms with Gasteiger partial charge >= 0.3 is 0 Å². The van der Waals surface area contributed by atoms with E-state index in [4.69, 9.17) is 0 Å². The number of nitrogens with one attached hydrogen (secondary N) is 1. The zero-order valence-electron chi connectivity index (χ0n) is 8.68. The highest BCUT2D eigenvalue weighted by Crippen LogP contribution is 2.37. The van der Waals surface area contributed by atoms with Crippen molar-refractivity contribution in [2.24, 2.45) is 0 Å². The quantitative estimate of drug-likeness (QED) is 0.736. The normalized spacial score (nSPS) is 36.5. The van der Waals surface area contributed by atoms with E-state index in [0.717, 1.165) is 6.04 Å². The molecule has 2 nitrogen and oxygen atoms in total. The Balaban J connectivity index is 1.67. The summed E-state index contributed by atoms with van der Waals surface area (Å²) in [7, 11) is 2.18. The molecule has 1 atom stereocenters. The first kappa shape index (κ1) is 9.81. The summed E-state index contributed by atoms with van der Waals surface area (Å²) >= 11 is 2.15. The average Bonchev–Trinajstić information content (AvgIpc) is 2.45. The smallest absolute Gasteiger partial charge is 0.0322 e. The Bertz CT molecular complexity index is 172. The molecule has 0 aromatic carbocycles. The number of rotatable bonds is 3. The van der Waals surface area contributed by atoms with Crippen LogP contribution in [0.25, 0.3) is 0 Å². The van der Waals surface area contributed by atoms with Crippen LogP contribution in [0.1, 0.15) is 19.8 Å². The number of hydrogen-bond acceptors (Lipinski definition) is 3. The van der Waals surface area contributed by atoms with Crippen LogP contribution in [0.2, 0.25) is 0 Å². The van der Waals surface area contributed by atoms with Crippen molar-refractivity contribution < 1.29 is 0 Å². The third kappa shape index (κ3) is 2.39. The summed E-state index contributed by atoms with van der Waals surface area (Å²) in [4.78, 5) is 2.36. The third-order valence-corrected chi connectivity index (χ3v) is 4.67. The van der Waals surface area contributed by atoms with E-state index in [0.29, 0.717) is 4.75 Å².